The molecule has 2 aromatic carbocycles. The van der Waals surface area contributed by atoms with Gasteiger partial charge in [-0.1, -0.05) is 41.6 Å². The van der Waals surface area contributed by atoms with Crippen LogP contribution in [0.15, 0.2) is 52.4 Å². The molecule has 5 heteroatoms. The molecule has 0 amide bonds. The predicted octanol–water partition coefficient (Wildman–Crippen LogP) is 5.08. The van der Waals surface area contributed by atoms with E-state index in [0.29, 0.717) is 17.1 Å². The van der Waals surface area contributed by atoms with Gasteiger partial charge in [-0.3, -0.25) is 4.79 Å². The number of aromatic hydroxyl groups is 1. The van der Waals surface area contributed by atoms with Gasteiger partial charge in [-0.15, -0.1) is 0 Å². The van der Waals surface area contributed by atoms with Crippen molar-refractivity contribution in [2.24, 2.45) is 0 Å². The summed E-state index contributed by atoms with van der Waals surface area (Å²) < 4.78 is 0. The van der Waals surface area contributed by atoms with E-state index in [1.54, 1.807) is 18.2 Å². The van der Waals surface area contributed by atoms with Crippen molar-refractivity contribution in [2.75, 3.05) is 11.4 Å². The molecule has 0 atom stereocenters. The molecule has 0 bridgehead atoms. The summed E-state index contributed by atoms with van der Waals surface area (Å²) >= 11 is 7.87. The van der Waals surface area contributed by atoms with E-state index in [4.69, 9.17) is 11.6 Å². The first kappa shape index (κ1) is 16.0. The molecule has 1 aliphatic heterocycles. The highest BCUT2D eigenvalue weighted by Gasteiger charge is 2.30. The first-order valence-electron chi connectivity index (χ1n) is 7.31. The molecule has 3 rings (SSSR count). The van der Waals surface area contributed by atoms with Crippen LogP contribution in [0.1, 0.15) is 13.8 Å². The third kappa shape index (κ3) is 2.84. The van der Waals surface area contributed by atoms with Crippen LogP contribution in [0, 0.1) is 0 Å². The lowest BCUT2D eigenvalue weighted by Crippen LogP contribution is -2.18. The summed E-state index contributed by atoms with van der Waals surface area (Å²) in [6, 6.07) is 11.0. The van der Waals surface area contributed by atoms with Gasteiger partial charge in [-0.05, 0) is 32.0 Å². The summed E-state index contributed by atoms with van der Waals surface area (Å²) in [4.78, 5) is 14.5. The molecule has 0 aliphatic carbocycles. The quantitative estimate of drug-likeness (QED) is 0.788. The molecule has 1 heterocycles. The molecule has 1 N–H and O–H groups in total. The number of hydrogen-bond donors (Lipinski definition) is 1. The van der Waals surface area contributed by atoms with Gasteiger partial charge in [0.05, 0.1) is 10.7 Å². The van der Waals surface area contributed by atoms with Gasteiger partial charge in [0, 0.05) is 33.7 Å². The Morgan fingerprint density at radius 1 is 1.30 bits per heavy atom. The van der Waals surface area contributed by atoms with Gasteiger partial charge in [-0.2, -0.15) is 0 Å². The maximum atomic E-state index is 11.5. The van der Waals surface area contributed by atoms with Gasteiger partial charge in [0.2, 0.25) is 0 Å². The first-order valence-corrected chi connectivity index (χ1v) is 8.51. The van der Waals surface area contributed by atoms with Crippen molar-refractivity contribution in [3.63, 3.8) is 0 Å². The number of phenolic OH excluding ortho intramolecular Hbond substituents is 1. The van der Waals surface area contributed by atoms with Crippen molar-refractivity contribution in [3.05, 3.63) is 52.5 Å². The number of thioether (sulfide) groups is 1. The van der Waals surface area contributed by atoms with Gasteiger partial charge in [0.25, 0.3) is 0 Å². The van der Waals surface area contributed by atoms with Crippen LogP contribution in [-0.4, -0.2) is 17.4 Å². The maximum absolute atomic E-state index is 11.5. The SMILES string of the molecule is CCN1C(=CC(C)=O)Sc2ccc(O)c(-c3ccccc3Cl)c21. The summed E-state index contributed by atoms with van der Waals surface area (Å²) in [6.45, 7) is 4.25. The number of halogens is 1. The van der Waals surface area contributed by atoms with E-state index in [1.807, 2.05) is 36.1 Å². The van der Waals surface area contributed by atoms with Gasteiger partial charge in [0.15, 0.2) is 5.78 Å². The summed E-state index contributed by atoms with van der Waals surface area (Å²) in [5.41, 5.74) is 2.39. The molecule has 2 aromatic rings. The van der Waals surface area contributed by atoms with Crippen LogP contribution in [0.3, 0.4) is 0 Å². The third-order valence-corrected chi connectivity index (χ3v) is 5.08. The summed E-state index contributed by atoms with van der Waals surface area (Å²) in [7, 11) is 0. The van der Waals surface area contributed by atoms with Crippen LogP contribution >= 0.6 is 23.4 Å². The lowest BCUT2D eigenvalue weighted by molar-refractivity contribution is -0.112. The van der Waals surface area contributed by atoms with E-state index < -0.39 is 0 Å². The fourth-order valence-electron chi connectivity index (χ4n) is 2.71. The van der Waals surface area contributed by atoms with Gasteiger partial charge in [-0.25, -0.2) is 0 Å². The van der Waals surface area contributed by atoms with Crippen LogP contribution in [-0.2, 0) is 4.79 Å². The number of anilines is 1. The molecule has 0 spiro atoms. The minimum atomic E-state index is 0.00210. The highest BCUT2D eigenvalue weighted by molar-refractivity contribution is 8.03. The molecule has 0 saturated heterocycles. The Hall–Kier alpha value is -1.91. The average Bonchev–Trinajstić information content (AvgIpc) is 2.85. The van der Waals surface area contributed by atoms with Gasteiger partial charge in [0.1, 0.15) is 5.75 Å². The fourth-order valence-corrected chi connectivity index (χ4v) is 4.17. The van der Waals surface area contributed by atoms with E-state index in [0.717, 1.165) is 21.2 Å². The van der Waals surface area contributed by atoms with E-state index >= 15 is 0 Å². The largest absolute Gasteiger partial charge is 0.507 e. The average molecular weight is 346 g/mol. The van der Waals surface area contributed by atoms with Gasteiger partial charge >= 0.3 is 0 Å². The lowest BCUT2D eigenvalue weighted by Gasteiger charge is -2.22. The number of benzene rings is 2. The number of allylic oxidation sites excluding steroid dienone is 1. The molecule has 0 fully saturated rings. The van der Waals surface area contributed by atoms with E-state index in [-0.39, 0.29) is 11.5 Å². The number of carbonyl (C=O) groups is 1. The predicted molar refractivity (Wildman–Crippen MR) is 96.2 cm³/mol. The number of carbonyl (C=O) groups excluding carboxylic acids is 1. The summed E-state index contributed by atoms with van der Waals surface area (Å²) in [5, 5.41) is 11.9. The van der Waals surface area contributed by atoms with E-state index in [1.165, 1.54) is 18.7 Å². The summed E-state index contributed by atoms with van der Waals surface area (Å²) in [5.74, 6) is 0.183. The topological polar surface area (TPSA) is 40.5 Å². The number of hydrogen-bond acceptors (Lipinski definition) is 4. The Labute approximate surface area is 144 Å². The number of fused-ring (bicyclic) bond motifs is 1. The Morgan fingerprint density at radius 2 is 2.04 bits per heavy atom. The van der Waals surface area contributed by atoms with Crippen LogP contribution in [0.4, 0.5) is 5.69 Å². The molecule has 1 aliphatic rings. The second kappa shape index (κ2) is 6.30. The highest BCUT2D eigenvalue weighted by Crippen LogP contribution is 2.54. The highest BCUT2D eigenvalue weighted by atomic mass is 35.5. The van der Waals surface area contributed by atoms with E-state index in [2.05, 4.69) is 0 Å². The number of ketones is 1. The number of rotatable bonds is 3. The minimum absolute atomic E-state index is 0.00210. The van der Waals surface area contributed by atoms with Crippen LogP contribution in [0.5, 0.6) is 5.75 Å². The van der Waals surface area contributed by atoms with Crippen molar-refractivity contribution in [1.82, 2.24) is 0 Å². The van der Waals surface area contributed by atoms with Crippen LogP contribution in [0.2, 0.25) is 5.02 Å². The molecule has 0 saturated carbocycles. The van der Waals surface area contributed by atoms with Crippen molar-refractivity contribution in [2.45, 2.75) is 18.7 Å². The number of phenols is 1. The zero-order valence-electron chi connectivity index (χ0n) is 12.8. The smallest absolute Gasteiger partial charge is 0.155 e. The maximum Gasteiger partial charge on any atom is 0.155 e. The summed E-state index contributed by atoms with van der Waals surface area (Å²) in [6.07, 6.45) is 1.63. The van der Waals surface area contributed by atoms with Crippen LogP contribution in [0.25, 0.3) is 11.1 Å². The minimum Gasteiger partial charge on any atom is -0.507 e. The zero-order valence-corrected chi connectivity index (χ0v) is 14.4. The lowest BCUT2D eigenvalue weighted by atomic mass is 10.0. The fraction of sp³-hybridized carbons (Fsp3) is 0.167. The second-order valence-corrected chi connectivity index (χ2v) is 6.70. The molecule has 118 valence electrons. The van der Waals surface area contributed by atoms with Crippen molar-refractivity contribution in [3.8, 4) is 16.9 Å². The van der Waals surface area contributed by atoms with Crippen LogP contribution < -0.4 is 4.90 Å². The first-order chi connectivity index (χ1) is 11.0. The Bertz CT molecular complexity index is 817. The molecule has 23 heavy (non-hydrogen) atoms. The Balaban J connectivity index is 2.25. The molecular formula is C18H16ClNO2S. The molecular weight excluding hydrogens is 330 g/mol. The molecule has 3 nitrogen and oxygen atoms in total. The molecule has 0 radical (unpaired) electrons. The normalized spacial score (nSPS) is 15.1. The zero-order chi connectivity index (χ0) is 16.6. The van der Waals surface area contributed by atoms with E-state index in [9.17, 15) is 9.90 Å². The van der Waals surface area contributed by atoms with Crippen molar-refractivity contribution < 1.29 is 9.90 Å². The molecule has 0 aromatic heterocycles. The van der Waals surface area contributed by atoms with Gasteiger partial charge < -0.3 is 10.0 Å². The second-order valence-electron chi connectivity index (χ2n) is 5.23. The molecule has 0 unspecified atom stereocenters. The standard InChI is InChI=1S/C18H16ClNO2S/c1-3-20-16(10-11(2)21)23-15-9-8-14(22)17(18(15)20)12-6-4-5-7-13(12)19/h4-10,22H,3H2,1-2H3. The van der Waals surface area contributed by atoms with Crippen molar-refractivity contribution >= 4 is 34.8 Å². The third-order valence-electron chi connectivity index (χ3n) is 3.66. The number of nitrogens with zero attached hydrogens (tertiary/aromatic N) is 1. The Kier molecular flexibility index (Phi) is 4.37. The monoisotopic (exact) mass is 345 g/mol. The van der Waals surface area contributed by atoms with Crippen molar-refractivity contribution in [1.29, 1.82) is 0 Å². The Morgan fingerprint density at radius 3 is 2.70 bits per heavy atom.